The fourth-order valence-corrected chi connectivity index (χ4v) is 6.66. The number of hydrogen-bond donors (Lipinski definition) is 1. The number of sulfonamides is 1. The van der Waals surface area contributed by atoms with Gasteiger partial charge in [-0.3, -0.25) is 9.10 Å². The van der Waals surface area contributed by atoms with Gasteiger partial charge in [0.05, 0.1) is 46.2 Å². The first-order chi connectivity index (χ1) is 21.6. The van der Waals surface area contributed by atoms with Gasteiger partial charge in [-0.15, -0.1) is 0 Å². The molecule has 0 fully saturated rings. The lowest BCUT2D eigenvalue weighted by Crippen LogP contribution is -2.25. The topological polar surface area (TPSA) is 121 Å². The van der Waals surface area contributed by atoms with Crippen LogP contribution in [0.4, 0.5) is 5.69 Å². The maximum atomic E-state index is 13.3. The number of carbonyl (C=O) groups is 1. The summed E-state index contributed by atoms with van der Waals surface area (Å²) in [5.41, 5.74) is 8.26. The Morgan fingerprint density at radius 1 is 1.07 bits per heavy atom. The van der Waals surface area contributed by atoms with Crippen LogP contribution in [-0.2, 0) is 23.0 Å². The van der Waals surface area contributed by atoms with E-state index >= 15 is 0 Å². The van der Waals surface area contributed by atoms with E-state index in [1.54, 1.807) is 25.2 Å². The van der Waals surface area contributed by atoms with Gasteiger partial charge in [0.15, 0.2) is 0 Å². The number of nitriles is 1. The van der Waals surface area contributed by atoms with Crippen molar-refractivity contribution in [3.05, 3.63) is 95.1 Å². The lowest BCUT2D eigenvalue weighted by molar-refractivity contribution is 0.0964. The second-order valence-corrected chi connectivity index (χ2v) is 13.3. The summed E-state index contributed by atoms with van der Waals surface area (Å²) in [5.74, 6) is 0.0707. The van der Waals surface area contributed by atoms with Crippen LogP contribution in [0.5, 0.6) is 0 Å². The molecule has 0 aliphatic carbocycles. The van der Waals surface area contributed by atoms with Gasteiger partial charge in [-0.2, -0.15) is 5.26 Å². The summed E-state index contributed by atoms with van der Waals surface area (Å²) in [4.78, 5) is 18.4. The summed E-state index contributed by atoms with van der Waals surface area (Å²) in [6.07, 6.45) is 1.90. The van der Waals surface area contributed by atoms with Crippen molar-refractivity contribution in [1.29, 1.82) is 5.26 Å². The van der Waals surface area contributed by atoms with Crippen molar-refractivity contribution in [3.8, 4) is 40.0 Å². The van der Waals surface area contributed by atoms with Gasteiger partial charge in [0, 0.05) is 54.1 Å². The van der Waals surface area contributed by atoms with Crippen LogP contribution in [0.2, 0.25) is 0 Å². The third-order valence-electron chi connectivity index (χ3n) is 8.58. The monoisotopic (exact) mass is 615 g/mol. The maximum absolute atomic E-state index is 13.3. The number of nitrogens with zero attached hydrogens (tertiary/aromatic N) is 4. The van der Waals surface area contributed by atoms with E-state index in [9.17, 15) is 18.5 Å². The zero-order chi connectivity index (χ0) is 31.6. The van der Waals surface area contributed by atoms with E-state index in [4.69, 9.17) is 9.40 Å². The average molecular weight is 616 g/mol. The Bertz CT molecular complexity index is 2340. The predicted octanol–water partition coefficient (Wildman–Crippen LogP) is 6.28. The number of aryl methyl sites for hydroxylation is 3. The number of rotatable bonds is 5. The molecule has 3 aromatic carbocycles. The molecule has 1 aliphatic rings. The highest BCUT2D eigenvalue weighted by Gasteiger charge is 2.28. The predicted molar refractivity (Wildman–Crippen MR) is 176 cm³/mol. The molecule has 1 aliphatic heterocycles. The number of fused-ring (bicyclic) bond motifs is 6. The molecule has 1 amide bonds. The molecular formula is C35H29N5O4S. The summed E-state index contributed by atoms with van der Waals surface area (Å²) in [5, 5.41) is 13.9. The minimum absolute atomic E-state index is 0.323. The van der Waals surface area contributed by atoms with Crippen molar-refractivity contribution in [3.63, 3.8) is 0 Å². The molecule has 45 heavy (non-hydrogen) atoms. The SMILES string of the molecule is CNC(=O)c1c(-c2ccc(C)cc2)oc2cc(N(C)S(C)(=O)=O)c(-c3ccc4c(n3)-c3cc5c(C#N)cccc5n3CC4)cc12. The van der Waals surface area contributed by atoms with Crippen molar-refractivity contribution in [2.75, 3.05) is 24.7 Å². The summed E-state index contributed by atoms with van der Waals surface area (Å²) >= 11 is 0. The number of furan rings is 1. The fourth-order valence-electron chi connectivity index (χ4n) is 6.15. The highest BCUT2D eigenvalue weighted by atomic mass is 32.2. The van der Waals surface area contributed by atoms with Gasteiger partial charge >= 0.3 is 0 Å². The van der Waals surface area contributed by atoms with Crippen molar-refractivity contribution >= 4 is 43.5 Å². The van der Waals surface area contributed by atoms with Gasteiger partial charge in [-0.25, -0.2) is 13.4 Å². The first kappa shape index (κ1) is 28.4. The van der Waals surface area contributed by atoms with E-state index < -0.39 is 10.0 Å². The van der Waals surface area contributed by atoms with Crippen LogP contribution in [0, 0.1) is 18.3 Å². The number of anilines is 1. The van der Waals surface area contributed by atoms with Gasteiger partial charge in [-0.05, 0) is 49.2 Å². The number of carbonyl (C=O) groups excluding carboxylic acids is 1. The molecule has 7 rings (SSSR count). The summed E-state index contributed by atoms with van der Waals surface area (Å²) in [6.45, 7) is 2.73. The van der Waals surface area contributed by atoms with Crippen molar-refractivity contribution in [1.82, 2.24) is 14.9 Å². The number of aromatic nitrogens is 2. The van der Waals surface area contributed by atoms with Gasteiger partial charge in [0.1, 0.15) is 11.3 Å². The van der Waals surface area contributed by atoms with E-state index in [2.05, 4.69) is 16.0 Å². The smallest absolute Gasteiger partial charge is 0.255 e. The first-order valence-corrected chi connectivity index (χ1v) is 16.3. The van der Waals surface area contributed by atoms with E-state index in [0.717, 1.165) is 58.2 Å². The molecule has 9 nitrogen and oxygen atoms in total. The van der Waals surface area contributed by atoms with Crippen LogP contribution in [0.15, 0.2) is 77.2 Å². The summed E-state index contributed by atoms with van der Waals surface area (Å²) in [7, 11) is -0.624. The normalized spacial score (nSPS) is 12.5. The van der Waals surface area contributed by atoms with Gasteiger partial charge in [0.2, 0.25) is 10.0 Å². The molecule has 6 aromatic rings. The Morgan fingerprint density at radius 3 is 2.56 bits per heavy atom. The number of hydrogen-bond acceptors (Lipinski definition) is 6. The summed E-state index contributed by atoms with van der Waals surface area (Å²) < 4.78 is 35.4. The van der Waals surface area contributed by atoms with Crippen LogP contribution in [0.25, 0.3) is 55.8 Å². The number of benzene rings is 3. The zero-order valence-electron chi connectivity index (χ0n) is 25.2. The molecule has 4 heterocycles. The molecule has 1 N–H and O–H groups in total. The van der Waals surface area contributed by atoms with Gasteiger partial charge in [0.25, 0.3) is 5.91 Å². The molecule has 0 spiro atoms. The molecule has 3 aromatic heterocycles. The second kappa shape index (κ2) is 10.4. The Hall–Kier alpha value is -5.40. The van der Waals surface area contributed by atoms with Crippen LogP contribution < -0.4 is 9.62 Å². The standard InChI is InChI=1S/C35H29N5O4S/c1-20-8-10-22(11-9-20)34-32(35(41)37-2)26-16-25(29(18-31(26)44-34)39(3)45(4,42)43)27-13-12-21-14-15-40-28-7-5-6-23(19-36)24(28)17-30(40)33(21)38-27/h5-13,16-18H,14-15H2,1-4H3,(H,37,41). The second-order valence-electron chi connectivity index (χ2n) is 11.3. The molecule has 0 radical (unpaired) electrons. The van der Waals surface area contributed by atoms with E-state index in [1.165, 1.54) is 11.4 Å². The van der Waals surface area contributed by atoms with Crippen molar-refractivity contribution in [2.24, 2.45) is 0 Å². The maximum Gasteiger partial charge on any atom is 0.255 e. The molecule has 0 bridgehead atoms. The van der Waals surface area contributed by atoms with E-state index in [1.807, 2.05) is 61.5 Å². The third-order valence-corrected chi connectivity index (χ3v) is 9.77. The third kappa shape index (κ3) is 4.55. The number of amides is 1. The van der Waals surface area contributed by atoms with Crippen LogP contribution in [0.1, 0.15) is 27.0 Å². The first-order valence-electron chi connectivity index (χ1n) is 14.5. The Labute approximate surface area is 260 Å². The lowest BCUT2D eigenvalue weighted by atomic mass is 9.98. The average Bonchev–Trinajstić information content (AvgIpc) is 3.61. The highest BCUT2D eigenvalue weighted by molar-refractivity contribution is 7.92. The minimum Gasteiger partial charge on any atom is -0.455 e. The number of nitrogens with one attached hydrogen (secondary N) is 1. The Balaban J connectivity index is 1.49. The fraction of sp³-hybridized carbons (Fsp3) is 0.171. The quantitative estimate of drug-likeness (QED) is 0.244. The van der Waals surface area contributed by atoms with E-state index in [-0.39, 0.29) is 5.91 Å². The van der Waals surface area contributed by atoms with Gasteiger partial charge < -0.3 is 14.3 Å². The summed E-state index contributed by atoms with van der Waals surface area (Å²) in [6, 6.07) is 25.0. The van der Waals surface area contributed by atoms with Crippen molar-refractivity contribution in [2.45, 2.75) is 19.9 Å². The lowest BCUT2D eigenvalue weighted by Gasteiger charge is -2.23. The zero-order valence-corrected chi connectivity index (χ0v) is 26.0. The highest BCUT2D eigenvalue weighted by Crippen LogP contribution is 2.42. The molecule has 0 atom stereocenters. The van der Waals surface area contributed by atoms with E-state index in [0.29, 0.717) is 44.8 Å². The van der Waals surface area contributed by atoms with Crippen molar-refractivity contribution < 1.29 is 17.6 Å². The largest absolute Gasteiger partial charge is 0.455 e. The molecule has 0 saturated heterocycles. The minimum atomic E-state index is -3.68. The molecule has 10 heteroatoms. The number of pyridine rings is 1. The molecule has 224 valence electrons. The van der Waals surface area contributed by atoms with Gasteiger partial charge in [-0.1, -0.05) is 42.0 Å². The Morgan fingerprint density at radius 2 is 1.84 bits per heavy atom. The molecular weight excluding hydrogens is 586 g/mol. The molecule has 0 saturated carbocycles. The van der Waals surface area contributed by atoms with Crippen LogP contribution in [0.3, 0.4) is 0 Å². The Kier molecular flexibility index (Phi) is 6.53. The molecule has 0 unspecified atom stereocenters. The van der Waals surface area contributed by atoms with Crippen LogP contribution >= 0.6 is 0 Å². The van der Waals surface area contributed by atoms with Crippen LogP contribution in [-0.4, -0.2) is 44.2 Å².